The van der Waals surface area contributed by atoms with Gasteiger partial charge in [-0.2, -0.15) is 11.8 Å². The maximum absolute atomic E-state index is 11.4. The van der Waals surface area contributed by atoms with E-state index in [9.17, 15) is 9.90 Å². The summed E-state index contributed by atoms with van der Waals surface area (Å²) in [6, 6.07) is 0.358. The van der Waals surface area contributed by atoms with Crippen LogP contribution in [0.4, 0.5) is 0 Å². The largest absolute Gasteiger partial charge is 0.387 e. The molecule has 24 heavy (non-hydrogen) atoms. The Hall–Kier alpha value is -0.990. The predicted octanol–water partition coefficient (Wildman–Crippen LogP) is -0.380. The van der Waals surface area contributed by atoms with Gasteiger partial charge >= 0.3 is 0 Å². The van der Waals surface area contributed by atoms with E-state index in [1.165, 1.54) is 0 Å². The first kappa shape index (κ1) is 19.3. The van der Waals surface area contributed by atoms with Crippen LogP contribution in [0.25, 0.3) is 0 Å². The normalized spacial score (nSPS) is 26.4. The molecule has 138 valence electrons. The van der Waals surface area contributed by atoms with Crippen LogP contribution in [0.2, 0.25) is 0 Å². The Morgan fingerprint density at radius 1 is 1.42 bits per heavy atom. The van der Waals surface area contributed by atoms with E-state index >= 15 is 0 Å². The molecule has 0 spiro atoms. The molecule has 0 aromatic heterocycles. The fraction of sp³-hybridized carbons (Fsp3) is 0.875. The zero-order valence-corrected chi connectivity index (χ0v) is 15.6. The highest BCUT2D eigenvalue weighted by Gasteiger charge is 2.31. The fourth-order valence-corrected chi connectivity index (χ4v) is 4.26. The summed E-state index contributed by atoms with van der Waals surface area (Å²) in [5.74, 6) is 2.64. The number of carbonyl (C=O) groups is 1. The zero-order chi connectivity index (χ0) is 17.4. The molecule has 0 aromatic carbocycles. The van der Waals surface area contributed by atoms with Crippen LogP contribution < -0.4 is 16.0 Å². The maximum atomic E-state index is 11.4. The number of nitrogens with one attached hydrogen (secondary N) is 3. The van der Waals surface area contributed by atoms with Crippen molar-refractivity contribution in [1.29, 1.82) is 0 Å². The molecule has 2 aliphatic rings. The summed E-state index contributed by atoms with van der Waals surface area (Å²) in [4.78, 5) is 18.2. The Bertz CT molecular complexity index is 432. The Morgan fingerprint density at radius 2 is 2.17 bits per heavy atom. The monoisotopic (exact) mass is 357 g/mol. The van der Waals surface area contributed by atoms with Gasteiger partial charge in [-0.1, -0.05) is 0 Å². The second kappa shape index (κ2) is 9.48. The number of rotatable bonds is 6. The zero-order valence-electron chi connectivity index (χ0n) is 14.8. The van der Waals surface area contributed by atoms with Crippen molar-refractivity contribution < 1.29 is 9.90 Å². The van der Waals surface area contributed by atoms with Crippen LogP contribution in [-0.2, 0) is 4.79 Å². The Kier molecular flexibility index (Phi) is 7.64. The van der Waals surface area contributed by atoms with Gasteiger partial charge in [-0.25, -0.2) is 0 Å². The molecule has 8 heteroatoms. The number of hydrogen-bond acceptors (Lipinski definition) is 5. The van der Waals surface area contributed by atoms with Gasteiger partial charge in [-0.3, -0.25) is 14.7 Å². The lowest BCUT2D eigenvalue weighted by molar-refractivity contribution is -0.122. The summed E-state index contributed by atoms with van der Waals surface area (Å²) in [6.45, 7) is 5.58. The summed E-state index contributed by atoms with van der Waals surface area (Å²) < 4.78 is 0. The lowest BCUT2D eigenvalue weighted by atomic mass is 10.0. The number of guanidine groups is 1. The average Bonchev–Trinajstić information content (AvgIpc) is 3.01. The number of piperidine rings is 1. The van der Waals surface area contributed by atoms with Gasteiger partial charge in [-0.05, 0) is 31.9 Å². The highest BCUT2D eigenvalue weighted by molar-refractivity contribution is 7.99. The number of amides is 1. The molecule has 4 N–H and O–H groups in total. The van der Waals surface area contributed by atoms with Crippen molar-refractivity contribution in [3.05, 3.63) is 0 Å². The number of carbonyl (C=O) groups excluding carboxylic acids is 1. The third-order valence-corrected chi connectivity index (χ3v) is 5.77. The molecule has 1 unspecified atom stereocenters. The van der Waals surface area contributed by atoms with Crippen molar-refractivity contribution in [2.75, 3.05) is 51.3 Å². The van der Waals surface area contributed by atoms with Gasteiger partial charge in [0.05, 0.1) is 18.7 Å². The second-order valence-electron chi connectivity index (χ2n) is 6.59. The molecule has 1 amide bonds. The van der Waals surface area contributed by atoms with Crippen LogP contribution in [-0.4, -0.2) is 84.8 Å². The second-order valence-corrected chi connectivity index (χ2v) is 7.70. The van der Waals surface area contributed by atoms with Gasteiger partial charge in [-0.15, -0.1) is 0 Å². The van der Waals surface area contributed by atoms with Gasteiger partial charge in [0.25, 0.3) is 0 Å². The molecule has 2 aliphatic heterocycles. The Labute approximate surface area is 149 Å². The first-order chi connectivity index (χ1) is 11.5. The Balaban J connectivity index is 1.79. The lowest BCUT2D eigenvalue weighted by Crippen LogP contribution is -2.50. The molecule has 0 aromatic rings. The summed E-state index contributed by atoms with van der Waals surface area (Å²) in [7, 11) is 1.67. The van der Waals surface area contributed by atoms with E-state index in [-0.39, 0.29) is 5.91 Å². The minimum absolute atomic E-state index is 0.0685. The molecule has 1 atom stereocenters. The van der Waals surface area contributed by atoms with E-state index in [0.29, 0.717) is 19.1 Å². The van der Waals surface area contributed by atoms with Crippen molar-refractivity contribution in [2.24, 2.45) is 4.99 Å². The van der Waals surface area contributed by atoms with E-state index in [0.717, 1.165) is 56.4 Å². The summed E-state index contributed by atoms with van der Waals surface area (Å²) in [5.41, 5.74) is -0.649. The molecule has 2 saturated heterocycles. The molecule has 0 saturated carbocycles. The summed E-state index contributed by atoms with van der Waals surface area (Å²) >= 11 is 1.79. The van der Waals surface area contributed by atoms with E-state index in [1.807, 2.05) is 6.92 Å². The van der Waals surface area contributed by atoms with Crippen LogP contribution in [0, 0.1) is 0 Å². The van der Waals surface area contributed by atoms with Gasteiger partial charge in [0.2, 0.25) is 5.91 Å². The van der Waals surface area contributed by atoms with Crippen molar-refractivity contribution in [2.45, 2.75) is 37.8 Å². The number of aliphatic hydroxyl groups is 1. The number of likely N-dealkylation sites (N-methyl/N-ethyl adjacent to an activating group) is 1. The number of hydrogen-bond donors (Lipinski definition) is 4. The van der Waals surface area contributed by atoms with E-state index in [4.69, 9.17) is 0 Å². The maximum Gasteiger partial charge on any atom is 0.233 e. The molecule has 2 heterocycles. The molecule has 7 nitrogen and oxygen atoms in total. The average molecular weight is 358 g/mol. The number of aliphatic imine (C=N–C) groups is 1. The molecule has 0 bridgehead atoms. The molecular formula is C16H31N5O2S. The van der Waals surface area contributed by atoms with Crippen LogP contribution in [0.5, 0.6) is 0 Å². The van der Waals surface area contributed by atoms with Crippen LogP contribution in [0.3, 0.4) is 0 Å². The minimum Gasteiger partial charge on any atom is -0.387 e. The highest BCUT2D eigenvalue weighted by atomic mass is 32.2. The minimum atomic E-state index is -0.649. The summed E-state index contributed by atoms with van der Waals surface area (Å²) in [5, 5.41) is 19.8. The van der Waals surface area contributed by atoms with Crippen molar-refractivity contribution in [3.8, 4) is 0 Å². The van der Waals surface area contributed by atoms with Crippen LogP contribution >= 0.6 is 11.8 Å². The van der Waals surface area contributed by atoms with E-state index in [2.05, 4.69) is 25.8 Å². The highest BCUT2D eigenvalue weighted by Crippen LogP contribution is 2.27. The molecule has 0 aliphatic carbocycles. The number of likely N-dealkylation sites (tertiary alicyclic amines) is 1. The van der Waals surface area contributed by atoms with Crippen LogP contribution in [0.15, 0.2) is 4.99 Å². The third kappa shape index (κ3) is 6.14. The Morgan fingerprint density at radius 3 is 2.75 bits per heavy atom. The smallest absolute Gasteiger partial charge is 0.233 e. The molecule has 2 rings (SSSR count). The van der Waals surface area contributed by atoms with Crippen molar-refractivity contribution >= 4 is 23.6 Å². The first-order valence-electron chi connectivity index (χ1n) is 8.82. The van der Waals surface area contributed by atoms with E-state index in [1.54, 1.807) is 18.8 Å². The molecule has 2 fully saturated rings. The van der Waals surface area contributed by atoms with Gasteiger partial charge in [0.1, 0.15) is 0 Å². The molecular weight excluding hydrogens is 326 g/mol. The SMILES string of the molecule is CCNC(=NCC1(O)CCSC1)NC1CCN(CC(=O)NC)CC1. The molecule has 0 radical (unpaired) electrons. The quantitative estimate of drug-likeness (QED) is 0.383. The predicted molar refractivity (Wildman–Crippen MR) is 99.5 cm³/mol. The van der Waals surface area contributed by atoms with Gasteiger partial charge in [0, 0.05) is 38.5 Å². The first-order valence-corrected chi connectivity index (χ1v) is 9.98. The fourth-order valence-electron chi connectivity index (χ4n) is 2.98. The number of thioether (sulfide) groups is 1. The van der Waals surface area contributed by atoms with Crippen LogP contribution in [0.1, 0.15) is 26.2 Å². The van der Waals surface area contributed by atoms with Gasteiger partial charge < -0.3 is 21.1 Å². The van der Waals surface area contributed by atoms with E-state index < -0.39 is 5.60 Å². The number of nitrogens with zero attached hydrogens (tertiary/aromatic N) is 2. The topological polar surface area (TPSA) is 89.0 Å². The van der Waals surface area contributed by atoms with Crippen molar-refractivity contribution in [1.82, 2.24) is 20.9 Å². The summed E-state index contributed by atoms with van der Waals surface area (Å²) in [6.07, 6.45) is 2.79. The third-order valence-electron chi connectivity index (χ3n) is 4.53. The standard InChI is InChI=1S/C16H31N5O2S/c1-3-18-15(19-11-16(23)6-9-24-12-16)20-13-4-7-21(8-5-13)10-14(22)17-2/h13,23H,3-12H2,1-2H3,(H,17,22)(H2,18,19,20). The van der Waals surface area contributed by atoms with Crippen molar-refractivity contribution in [3.63, 3.8) is 0 Å². The van der Waals surface area contributed by atoms with Gasteiger partial charge in [0.15, 0.2) is 5.96 Å². The lowest BCUT2D eigenvalue weighted by Gasteiger charge is -2.32.